The van der Waals surface area contributed by atoms with Crippen molar-refractivity contribution < 1.29 is 0 Å². The fourth-order valence-corrected chi connectivity index (χ4v) is 9.73. The van der Waals surface area contributed by atoms with Crippen LogP contribution in [0.5, 0.6) is 0 Å². The van der Waals surface area contributed by atoms with Crippen molar-refractivity contribution in [3.63, 3.8) is 0 Å². The van der Waals surface area contributed by atoms with Crippen molar-refractivity contribution >= 4 is 94.1 Å². The number of pyridine rings is 1. The standard InChI is InChI=1S/C37H23N4PS/c43-42(27-18-17-24-9-1-2-10-25(24)21-27,37-38-23-26-11-3-7-15-32(26)40-37)28-19-20-35-33(22-28)39-36-31-14-5-4-12-29(31)30-13-6-8-16-34(30)41(35)36/h1-23H. The average Bonchev–Trinajstić information content (AvgIpc) is 3.47. The number of aromatic nitrogens is 4. The summed E-state index contributed by atoms with van der Waals surface area (Å²) in [7, 11) is 0. The number of benzene rings is 6. The zero-order valence-electron chi connectivity index (χ0n) is 22.9. The van der Waals surface area contributed by atoms with Crippen LogP contribution in [0.2, 0.25) is 0 Å². The van der Waals surface area contributed by atoms with E-state index in [0.717, 1.165) is 54.5 Å². The van der Waals surface area contributed by atoms with Crippen molar-refractivity contribution in [3.05, 3.63) is 140 Å². The lowest BCUT2D eigenvalue weighted by atomic mass is 10.1. The molecule has 43 heavy (non-hydrogen) atoms. The summed E-state index contributed by atoms with van der Waals surface area (Å²) in [5.41, 5.74) is 5.64. The van der Waals surface area contributed by atoms with Gasteiger partial charge in [-0.25, -0.2) is 15.0 Å². The van der Waals surface area contributed by atoms with E-state index < -0.39 is 6.04 Å². The van der Waals surface area contributed by atoms with Gasteiger partial charge in [-0.15, -0.1) is 0 Å². The normalized spacial score (nSPS) is 13.4. The number of fused-ring (bicyclic) bond motifs is 10. The molecule has 0 saturated carbocycles. The summed E-state index contributed by atoms with van der Waals surface area (Å²) in [5, 5.41) is 8.97. The van der Waals surface area contributed by atoms with Gasteiger partial charge in [-0.05, 0) is 57.1 Å². The Kier molecular flexibility index (Phi) is 5.31. The van der Waals surface area contributed by atoms with Crippen LogP contribution in [0.4, 0.5) is 0 Å². The lowest BCUT2D eigenvalue weighted by Gasteiger charge is -2.22. The van der Waals surface area contributed by atoms with Gasteiger partial charge in [-0.1, -0.05) is 115 Å². The maximum absolute atomic E-state index is 6.78. The van der Waals surface area contributed by atoms with E-state index >= 15 is 0 Å². The van der Waals surface area contributed by atoms with Gasteiger partial charge in [0, 0.05) is 22.4 Å². The third-order valence-electron chi connectivity index (χ3n) is 8.46. The molecule has 0 aliphatic rings. The van der Waals surface area contributed by atoms with Crippen molar-refractivity contribution in [1.82, 2.24) is 19.4 Å². The highest BCUT2D eigenvalue weighted by atomic mass is 32.4. The zero-order chi connectivity index (χ0) is 28.5. The Morgan fingerprint density at radius 3 is 2.07 bits per heavy atom. The van der Waals surface area contributed by atoms with Crippen molar-refractivity contribution in [2.75, 3.05) is 0 Å². The molecular formula is C37H23N4PS. The monoisotopic (exact) mass is 586 g/mol. The molecule has 0 radical (unpaired) electrons. The fraction of sp³-hybridized carbons (Fsp3) is 0. The summed E-state index contributed by atoms with van der Waals surface area (Å²) in [5.74, 6) is 0. The zero-order valence-corrected chi connectivity index (χ0v) is 24.6. The molecule has 6 aromatic carbocycles. The van der Waals surface area contributed by atoms with E-state index in [1.807, 2.05) is 30.5 Å². The second kappa shape index (κ2) is 9.27. The molecule has 0 spiro atoms. The van der Waals surface area contributed by atoms with E-state index in [1.165, 1.54) is 16.2 Å². The number of para-hydroxylation sites is 2. The van der Waals surface area contributed by atoms with Gasteiger partial charge in [0.05, 0.1) is 28.1 Å². The van der Waals surface area contributed by atoms with Crippen LogP contribution in [0, 0.1) is 0 Å². The minimum absolute atomic E-state index is 0.690. The molecule has 6 heteroatoms. The molecule has 1 unspecified atom stereocenters. The molecule has 9 rings (SSSR count). The second-order valence-electron chi connectivity index (χ2n) is 10.9. The minimum atomic E-state index is -2.67. The van der Waals surface area contributed by atoms with Crippen LogP contribution in [0.3, 0.4) is 0 Å². The highest BCUT2D eigenvalue weighted by Gasteiger charge is 2.29. The topological polar surface area (TPSA) is 43.1 Å². The highest BCUT2D eigenvalue weighted by Crippen LogP contribution is 2.43. The van der Waals surface area contributed by atoms with Crippen molar-refractivity contribution in [1.29, 1.82) is 0 Å². The molecule has 202 valence electrons. The van der Waals surface area contributed by atoms with Crippen molar-refractivity contribution in [3.8, 4) is 0 Å². The average molecular weight is 587 g/mol. The lowest BCUT2D eigenvalue weighted by Crippen LogP contribution is -2.29. The number of imidazole rings is 1. The van der Waals surface area contributed by atoms with Crippen LogP contribution in [0.15, 0.2) is 140 Å². The number of rotatable bonds is 3. The first-order valence-corrected chi connectivity index (χ1v) is 17.0. The predicted molar refractivity (Wildman–Crippen MR) is 184 cm³/mol. The molecule has 0 N–H and O–H groups in total. The molecule has 0 bridgehead atoms. The van der Waals surface area contributed by atoms with Gasteiger partial charge >= 0.3 is 0 Å². The fourth-order valence-electron chi connectivity index (χ4n) is 6.37. The Hall–Kier alpha value is -4.96. The van der Waals surface area contributed by atoms with Gasteiger partial charge in [0.1, 0.15) is 5.65 Å². The molecule has 0 saturated heterocycles. The van der Waals surface area contributed by atoms with Gasteiger partial charge < -0.3 is 0 Å². The van der Waals surface area contributed by atoms with Crippen LogP contribution in [-0.4, -0.2) is 19.4 Å². The Morgan fingerprint density at radius 2 is 1.19 bits per heavy atom. The van der Waals surface area contributed by atoms with Crippen molar-refractivity contribution in [2.45, 2.75) is 0 Å². The summed E-state index contributed by atoms with van der Waals surface area (Å²) in [6, 6.07) is 44.0. The Labute approximate surface area is 252 Å². The minimum Gasteiger partial charge on any atom is -0.292 e. The SMILES string of the molecule is S=P(c1ccc2ccccc2c1)(c1ccc2c(c1)nc1c3ccccc3c3ccccc3n21)c1ncc2ccccc2n1. The molecule has 0 fully saturated rings. The first-order chi connectivity index (χ1) is 21.2. The first-order valence-electron chi connectivity index (χ1n) is 14.2. The van der Waals surface area contributed by atoms with Crippen molar-refractivity contribution in [2.24, 2.45) is 0 Å². The molecule has 0 aliphatic heterocycles. The van der Waals surface area contributed by atoms with Crippen LogP contribution in [-0.2, 0) is 11.8 Å². The molecule has 9 aromatic rings. The van der Waals surface area contributed by atoms with Crippen LogP contribution in [0.1, 0.15) is 0 Å². The molecule has 4 nitrogen and oxygen atoms in total. The van der Waals surface area contributed by atoms with E-state index in [1.54, 1.807) is 0 Å². The summed E-state index contributed by atoms with van der Waals surface area (Å²) < 4.78 is 2.28. The molecule has 0 aliphatic carbocycles. The molecular weight excluding hydrogens is 563 g/mol. The summed E-state index contributed by atoms with van der Waals surface area (Å²) in [6.07, 6.45) is 1.90. The highest BCUT2D eigenvalue weighted by molar-refractivity contribution is 8.25. The number of hydrogen-bond donors (Lipinski definition) is 0. The van der Waals surface area contributed by atoms with Gasteiger partial charge in [-0.2, -0.15) is 0 Å². The largest absolute Gasteiger partial charge is 0.292 e. The Bertz CT molecular complexity index is 2540. The summed E-state index contributed by atoms with van der Waals surface area (Å²) in [4.78, 5) is 15.3. The molecule has 3 heterocycles. The maximum atomic E-state index is 6.78. The third-order valence-corrected chi connectivity index (χ3v) is 13.0. The Balaban J connectivity index is 1.36. The van der Waals surface area contributed by atoms with E-state index in [-0.39, 0.29) is 0 Å². The van der Waals surface area contributed by atoms with Crippen LogP contribution >= 0.6 is 6.04 Å². The molecule has 0 amide bonds. The smallest absolute Gasteiger partial charge is 0.169 e. The van der Waals surface area contributed by atoms with E-state index in [0.29, 0.717) is 5.57 Å². The van der Waals surface area contributed by atoms with Gasteiger partial charge in [-0.3, -0.25) is 4.40 Å². The van der Waals surface area contributed by atoms with E-state index in [4.69, 9.17) is 26.8 Å². The second-order valence-corrected chi connectivity index (χ2v) is 15.2. The molecule has 3 aromatic heterocycles. The lowest BCUT2D eigenvalue weighted by molar-refractivity contribution is 1.30. The van der Waals surface area contributed by atoms with Gasteiger partial charge in [0.25, 0.3) is 0 Å². The quantitative estimate of drug-likeness (QED) is 0.158. The summed E-state index contributed by atoms with van der Waals surface area (Å²) >= 11 is 6.78. The van der Waals surface area contributed by atoms with Gasteiger partial charge in [0.2, 0.25) is 0 Å². The van der Waals surface area contributed by atoms with Crippen LogP contribution in [0.25, 0.3) is 60.0 Å². The Morgan fingerprint density at radius 1 is 0.512 bits per heavy atom. The van der Waals surface area contributed by atoms with Gasteiger partial charge in [0.15, 0.2) is 5.57 Å². The predicted octanol–water partition coefficient (Wildman–Crippen LogP) is 7.65. The third kappa shape index (κ3) is 3.62. The number of nitrogens with zero attached hydrogens (tertiary/aromatic N) is 4. The number of hydrogen-bond acceptors (Lipinski definition) is 4. The summed E-state index contributed by atoms with van der Waals surface area (Å²) in [6.45, 7) is 0. The van der Waals surface area contributed by atoms with E-state index in [9.17, 15) is 0 Å². The molecule has 1 atom stereocenters. The maximum Gasteiger partial charge on any atom is 0.169 e. The van der Waals surface area contributed by atoms with Crippen LogP contribution < -0.4 is 16.2 Å². The van der Waals surface area contributed by atoms with E-state index in [2.05, 4.69) is 114 Å². The first kappa shape index (κ1) is 24.6.